The lowest BCUT2D eigenvalue weighted by molar-refractivity contribution is 0.155. The van der Waals surface area contributed by atoms with Crippen molar-refractivity contribution in [1.82, 2.24) is 10.2 Å². The van der Waals surface area contributed by atoms with Crippen molar-refractivity contribution in [2.45, 2.75) is 26.4 Å². The normalized spacial score (nSPS) is 21.6. The van der Waals surface area contributed by atoms with Crippen LogP contribution < -0.4 is 5.32 Å². The summed E-state index contributed by atoms with van der Waals surface area (Å²) < 4.78 is 5.24. The molecular formula is C11H23N3O2. The summed E-state index contributed by atoms with van der Waals surface area (Å²) in [6, 6.07) is 0. The van der Waals surface area contributed by atoms with Gasteiger partial charge in [0.05, 0.1) is 19.3 Å². The van der Waals surface area contributed by atoms with E-state index >= 15 is 0 Å². The largest absolute Gasteiger partial charge is 0.391 e. The van der Waals surface area contributed by atoms with Gasteiger partial charge in [0.15, 0.2) is 5.96 Å². The molecule has 1 fully saturated rings. The van der Waals surface area contributed by atoms with E-state index in [0.717, 1.165) is 32.1 Å². The first-order valence-corrected chi connectivity index (χ1v) is 6.07. The topological polar surface area (TPSA) is 57.1 Å². The summed E-state index contributed by atoms with van der Waals surface area (Å²) in [5, 5.41) is 12.7. The lowest BCUT2D eigenvalue weighted by Crippen LogP contribution is -2.40. The third kappa shape index (κ3) is 4.37. The third-order valence-corrected chi connectivity index (χ3v) is 2.50. The molecule has 5 heteroatoms. The van der Waals surface area contributed by atoms with Crippen LogP contribution in [-0.2, 0) is 4.74 Å². The van der Waals surface area contributed by atoms with Crippen molar-refractivity contribution >= 4 is 5.96 Å². The molecule has 5 nitrogen and oxygen atoms in total. The standard InChI is InChI=1S/C11H23N3O2/c1-3-12-11(13-6-8-16-4-2)14-7-5-10(15)9-14/h10,15H,3-9H2,1-2H3,(H,12,13)/t10-/m1/s1. The zero-order valence-corrected chi connectivity index (χ0v) is 10.3. The van der Waals surface area contributed by atoms with Gasteiger partial charge in [-0.15, -0.1) is 0 Å². The van der Waals surface area contributed by atoms with E-state index < -0.39 is 0 Å². The maximum Gasteiger partial charge on any atom is 0.194 e. The highest BCUT2D eigenvalue weighted by atomic mass is 16.5. The van der Waals surface area contributed by atoms with Gasteiger partial charge >= 0.3 is 0 Å². The monoisotopic (exact) mass is 229 g/mol. The summed E-state index contributed by atoms with van der Waals surface area (Å²) >= 11 is 0. The van der Waals surface area contributed by atoms with Crippen LogP contribution in [0.2, 0.25) is 0 Å². The molecule has 0 saturated carbocycles. The molecule has 0 spiro atoms. The summed E-state index contributed by atoms with van der Waals surface area (Å²) in [4.78, 5) is 6.56. The minimum Gasteiger partial charge on any atom is -0.391 e. The number of nitrogens with one attached hydrogen (secondary N) is 1. The van der Waals surface area contributed by atoms with E-state index in [0.29, 0.717) is 19.7 Å². The maximum atomic E-state index is 9.48. The number of ether oxygens (including phenoxy) is 1. The van der Waals surface area contributed by atoms with Crippen LogP contribution in [0.1, 0.15) is 20.3 Å². The quantitative estimate of drug-likeness (QED) is 0.397. The van der Waals surface area contributed by atoms with Crippen LogP contribution in [0.25, 0.3) is 0 Å². The number of likely N-dealkylation sites (tertiary alicyclic amines) is 1. The Kier molecular flexibility index (Phi) is 6.18. The van der Waals surface area contributed by atoms with Crippen LogP contribution in [-0.4, -0.2) is 61.5 Å². The smallest absolute Gasteiger partial charge is 0.194 e. The van der Waals surface area contributed by atoms with Gasteiger partial charge < -0.3 is 20.1 Å². The summed E-state index contributed by atoms with van der Waals surface area (Å²) in [5.74, 6) is 0.888. The number of nitrogens with zero attached hydrogens (tertiary/aromatic N) is 2. The van der Waals surface area contributed by atoms with E-state index in [9.17, 15) is 5.11 Å². The second-order valence-corrected chi connectivity index (χ2v) is 3.82. The Morgan fingerprint density at radius 1 is 1.56 bits per heavy atom. The third-order valence-electron chi connectivity index (χ3n) is 2.50. The molecule has 94 valence electrons. The Hall–Kier alpha value is -0.810. The highest BCUT2D eigenvalue weighted by molar-refractivity contribution is 5.80. The first-order valence-electron chi connectivity index (χ1n) is 6.07. The fourth-order valence-electron chi connectivity index (χ4n) is 1.72. The van der Waals surface area contributed by atoms with Crippen molar-refractivity contribution in [3.8, 4) is 0 Å². The number of aliphatic hydroxyl groups excluding tert-OH is 1. The van der Waals surface area contributed by atoms with Gasteiger partial charge in [-0.1, -0.05) is 0 Å². The van der Waals surface area contributed by atoms with Crippen LogP contribution in [0.15, 0.2) is 4.99 Å². The van der Waals surface area contributed by atoms with Gasteiger partial charge in [0, 0.05) is 26.2 Å². The molecule has 0 aliphatic carbocycles. The fourth-order valence-corrected chi connectivity index (χ4v) is 1.72. The van der Waals surface area contributed by atoms with E-state index in [-0.39, 0.29) is 6.10 Å². The van der Waals surface area contributed by atoms with Crippen molar-refractivity contribution < 1.29 is 9.84 Å². The Balaban J connectivity index is 2.39. The van der Waals surface area contributed by atoms with Crippen molar-refractivity contribution in [3.63, 3.8) is 0 Å². The average molecular weight is 229 g/mol. The number of rotatable bonds is 5. The number of β-amino-alcohol motifs (C(OH)–C–C–N with tert-alkyl or cyclic N) is 1. The summed E-state index contributed by atoms with van der Waals surface area (Å²) in [7, 11) is 0. The van der Waals surface area contributed by atoms with Crippen molar-refractivity contribution in [2.75, 3.05) is 39.4 Å². The molecule has 0 radical (unpaired) electrons. The lowest BCUT2D eigenvalue weighted by Gasteiger charge is -2.20. The molecule has 16 heavy (non-hydrogen) atoms. The molecular weight excluding hydrogens is 206 g/mol. The Labute approximate surface area is 97.5 Å². The van der Waals surface area contributed by atoms with E-state index in [1.165, 1.54) is 0 Å². The van der Waals surface area contributed by atoms with Gasteiger partial charge in [-0.2, -0.15) is 0 Å². The minimum absolute atomic E-state index is 0.212. The molecule has 0 aromatic heterocycles. The Morgan fingerprint density at radius 2 is 2.38 bits per heavy atom. The zero-order chi connectivity index (χ0) is 11.8. The van der Waals surface area contributed by atoms with E-state index in [1.807, 2.05) is 13.8 Å². The van der Waals surface area contributed by atoms with E-state index in [1.54, 1.807) is 0 Å². The first-order chi connectivity index (χ1) is 7.77. The second-order valence-electron chi connectivity index (χ2n) is 3.82. The summed E-state index contributed by atoms with van der Waals surface area (Å²) in [6.07, 6.45) is 0.617. The molecule has 1 aliphatic rings. The van der Waals surface area contributed by atoms with Gasteiger partial charge in [-0.3, -0.25) is 4.99 Å². The molecule has 1 rings (SSSR count). The molecule has 0 aromatic carbocycles. The van der Waals surface area contributed by atoms with Gasteiger partial charge in [0.25, 0.3) is 0 Å². The first kappa shape index (κ1) is 13.3. The minimum atomic E-state index is -0.212. The summed E-state index contributed by atoms with van der Waals surface area (Å²) in [5.41, 5.74) is 0. The molecule has 0 unspecified atom stereocenters. The van der Waals surface area contributed by atoms with Crippen LogP contribution in [0.3, 0.4) is 0 Å². The van der Waals surface area contributed by atoms with Crippen LogP contribution in [0.4, 0.5) is 0 Å². The predicted molar refractivity (Wildman–Crippen MR) is 64.7 cm³/mol. The highest BCUT2D eigenvalue weighted by Gasteiger charge is 2.22. The Morgan fingerprint density at radius 3 is 2.94 bits per heavy atom. The van der Waals surface area contributed by atoms with Crippen LogP contribution in [0, 0.1) is 0 Å². The van der Waals surface area contributed by atoms with Crippen LogP contribution >= 0.6 is 0 Å². The molecule has 1 saturated heterocycles. The molecule has 0 bridgehead atoms. The molecule has 1 atom stereocenters. The lowest BCUT2D eigenvalue weighted by atomic mass is 10.3. The summed E-state index contributed by atoms with van der Waals surface area (Å²) in [6.45, 7) is 8.48. The van der Waals surface area contributed by atoms with Crippen molar-refractivity contribution in [1.29, 1.82) is 0 Å². The number of hydrogen-bond donors (Lipinski definition) is 2. The van der Waals surface area contributed by atoms with Gasteiger partial charge in [0.1, 0.15) is 0 Å². The zero-order valence-electron chi connectivity index (χ0n) is 10.3. The number of aliphatic hydroxyl groups is 1. The molecule has 0 aromatic rings. The number of guanidine groups is 1. The van der Waals surface area contributed by atoms with Gasteiger partial charge in [-0.25, -0.2) is 0 Å². The predicted octanol–water partition coefficient (Wildman–Crippen LogP) is 0.0550. The van der Waals surface area contributed by atoms with Crippen molar-refractivity contribution in [2.24, 2.45) is 4.99 Å². The molecule has 2 N–H and O–H groups in total. The SMILES string of the molecule is CCNC(=NCCOCC)N1CC[C@@H](O)C1. The Bertz CT molecular complexity index is 221. The van der Waals surface area contributed by atoms with E-state index in [2.05, 4.69) is 15.2 Å². The average Bonchev–Trinajstić information content (AvgIpc) is 2.69. The van der Waals surface area contributed by atoms with Crippen LogP contribution in [0.5, 0.6) is 0 Å². The second kappa shape index (κ2) is 7.46. The number of aliphatic imine (C=N–C) groups is 1. The molecule has 1 aliphatic heterocycles. The maximum absolute atomic E-state index is 9.48. The fraction of sp³-hybridized carbons (Fsp3) is 0.909. The molecule has 1 heterocycles. The van der Waals surface area contributed by atoms with E-state index in [4.69, 9.17) is 4.74 Å². The van der Waals surface area contributed by atoms with Crippen molar-refractivity contribution in [3.05, 3.63) is 0 Å². The van der Waals surface area contributed by atoms with Gasteiger partial charge in [-0.05, 0) is 20.3 Å². The highest BCUT2D eigenvalue weighted by Crippen LogP contribution is 2.08. The molecule has 0 amide bonds. The number of hydrogen-bond acceptors (Lipinski definition) is 3. The van der Waals surface area contributed by atoms with Gasteiger partial charge in [0.2, 0.25) is 0 Å².